The lowest BCUT2D eigenvalue weighted by Gasteiger charge is -2.07. The molecular weight excluding hydrogens is 294 g/mol. The molecule has 0 heterocycles. The summed E-state index contributed by atoms with van der Waals surface area (Å²) in [6.45, 7) is 3.64. The Labute approximate surface area is 103 Å². The molecule has 0 amide bonds. The summed E-state index contributed by atoms with van der Waals surface area (Å²) in [6.07, 6.45) is 1.48. The molecule has 1 aromatic rings. The van der Waals surface area contributed by atoms with Crippen LogP contribution in [0.15, 0.2) is 40.2 Å². The van der Waals surface area contributed by atoms with Gasteiger partial charge in [-0.1, -0.05) is 6.08 Å². The first kappa shape index (κ1) is 13.2. The van der Waals surface area contributed by atoms with Crippen molar-refractivity contribution in [1.82, 2.24) is 4.72 Å². The minimum atomic E-state index is -3.49. The standard InChI is InChI=1S/C10H12BrNO3S/c1-3-6-12-16(13,14)8-4-5-9(11)10(7-8)15-2/h3-5,7,12H,1,6H2,2H3. The van der Waals surface area contributed by atoms with E-state index in [2.05, 4.69) is 27.2 Å². The van der Waals surface area contributed by atoms with E-state index in [4.69, 9.17) is 4.74 Å². The predicted molar refractivity (Wildman–Crippen MR) is 66.1 cm³/mol. The number of methoxy groups -OCH3 is 1. The van der Waals surface area contributed by atoms with Crippen LogP contribution >= 0.6 is 15.9 Å². The van der Waals surface area contributed by atoms with Crippen molar-refractivity contribution in [3.63, 3.8) is 0 Å². The van der Waals surface area contributed by atoms with E-state index in [1.54, 1.807) is 6.07 Å². The Bertz CT molecular complexity index is 485. The van der Waals surface area contributed by atoms with Crippen LogP contribution in [0.25, 0.3) is 0 Å². The number of halogens is 1. The third kappa shape index (κ3) is 3.07. The molecule has 16 heavy (non-hydrogen) atoms. The van der Waals surface area contributed by atoms with Gasteiger partial charge in [0, 0.05) is 12.6 Å². The summed E-state index contributed by atoms with van der Waals surface area (Å²) >= 11 is 3.25. The van der Waals surface area contributed by atoms with Crippen LogP contribution < -0.4 is 9.46 Å². The maximum absolute atomic E-state index is 11.7. The average Bonchev–Trinajstić information content (AvgIpc) is 2.27. The van der Waals surface area contributed by atoms with Gasteiger partial charge in [-0.05, 0) is 28.1 Å². The molecule has 0 aliphatic heterocycles. The van der Waals surface area contributed by atoms with Gasteiger partial charge >= 0.3 is 0 Å². The van der Waals surface area contributed by atoms with Crippen molar-refractivity contribution < 1.29 is 13.2 Å². The highest BCUT2D eigenvalue weighted by Crippen LogP contribution is 2.27. The first-order valence-electron chi connectivity index (χ1n) is 4.45. The van der Waals surface area contributed by atoms with Crippen LogP contribution in [0.3, 0.4) is 0 Å². The van der Waals surface area contributed by atoms with E-state index < -0.39 is 10.0 Å². The molecule has 0 atom stereocenters. The van der Waals surface area contributed by atoms with Crippen molar-refractivity contribution in [2.24, 2.45) is 0 Å². The number of hydrogen-bond acceptors (Lipinski definition) is 3. The van der Waals surface area contributed by atoms with Gasteiger partial charge in [-0.25, -0.2) is 13.1 Å². The van der Waals surface area contributed by atoms with Crippen molar-refractivity contribution in [3.8, 4) is 5.75 Å². The van der Waals surface area contributed by atoms with E-state index in [-0.39, 0.29) is 11.4 Å². The SMILES string of the molecule is C=CCNS(=O)(=O)c1ccc(Br)c(OC)c1. The van der Waals surface area contributed by atoms with Crippen molar-refractivity contribution in [3.05, 3.63) is 35.3 Å². The van der Waals surface area contributed by atoms with Crippen LogP contribution in [0.1, 0.15) is 0 Å². The Kier molecular flexibility index (Phi) is 4.52. The zero-order chi connectivity index (χ0) is 12.2. The lowest BCUT2D eigenvalue weighted by Crippen LogP contribution is -2.23. The van der Waals surface area contributed by atoms with Gasteiger partial charge in [-0.3, -0.25) is 0 Å². The quantitative estimate of drug-likeness (QED) is 0.846. The number of sulfonamides is 1. The van der Waals surface area contributed by atoms with Gasteiger partial charge in [-0.2, -0.15) is 0 Å². The molecule has 0 aliphatic rings. The predicted octanol–water partition coefficient (Wildman–Crippen LogP) is 1.92. The lowest BCUT2D eigenvalue weighted by molar-refractivity contribution is 0.410. The minimum Gasteiger partial charge on any atom is -0.496 e. The summed E-state index contributed by atoms with van der Waals surface area (Å²) in [5.74, 6) is 0.474. The maximum atomic E-state index is 11.7. The summed E-state index contributed by atoms with van der Waals surface area (Å²) in [5.41, 5.74) is 0. The van der Waals surface area contributed by atoms with Crippen LogP contribution in [0, 0.1) is 0 Å². The van der Waals surface area contributed by atoms with Crippen LogP contribution in [0.2, 0.25) is 0 Å². The van der Waals surface area contributed by atoms with E-state index in [0.29, 0.717) is 10.2 Å². The second-order valence-corrected chi connectivity index (χ2v) is 5.56. The van der Waals surface area contributed by atoms with Gasteiger partial charge in [0.1, 0.15) is 5.75 Å². The Hall–Kier alpha value is -0.850. The van der Waals surface area contributed by atoms with E-state index >= 15 is 0 Å². The molecule has 0 radical (unpaired) electrons. The van der Waals surface area contributed by atoms with Crippen LogP contribution in [-0.2, 0) is 10.0 Å². The Morgan fingerprint density at radius 3 is 2.81 bits per heavy atom. The largest absolute Gasteiger partial charge is 0.496 e. The monoisotopic (exact) mass is 305 g/mol. The molecule has 0 unspecified atom stereocenters. The molecule has 0 fully saturated rings. The summed E-state index contributed by atoms with van der Waals surface area (Å²) in [7, 11) is -2.01. The van der Waals surface area contributed by atoms with Gasteiger partial charge in [-0.15, -0.1) is 6.58 Å². The van der Waals surface area contributed by atoms with Gasteiger partial charge < -0.3 is 4.74 Å². The zero-order valence-corrected chi connectivity index (χ0v) is 11.1. The van der Waals surface area contributed by atoms with Gasteiger partial charge in [0.2, 0.25) is 10.0 Å². The number of ether oxygens (including phenoxy) is 1. The summed E-state index contributed by atoms with van der Waals surface area (Å²) in [5, 5.41) is 0. The van der Waals surface area contributed by atoms with E-state index in [9.17, 15) is 8.42 Å². The topological polar surface area (TPSA) is 55.4 Å². The smallest absolute Gasteiger partial charge is 0.240 e. The molecule has 0 spiro atoms. The number of benzene rings is 1. The van der Waals surface area contributed by atoms with Gasteiger partial charge in [0.25, 0.3) is 0 Å². The normalized spacial score (nSPS) is 11.1. The third-order valence-corrected chi connectivity index (χ3v) is 3.93. The molecule has 0 aliphatic carbocycles. The van der Waals surface area contributed by atoms with E-state index in [1.165, 1.54) is 25.3 Å². The van der Waals surface area contributed by atoms with Crippen molar-refractivity contribution >= 4 is 26.0 Å². The fourth-order valence-electron chi connectivity index (χ4n) is 1.06. The summed E-state index contributed by atoms with van der Waals surface area (Å²) < 4.78 is 31.6. The molecule has 1 N–H and O–H groups in total. The Morgan fingerprint density at radius 2 is 2.25 bits per heavy atom. The molecule has 0 aromatic heterocycles. The van der Waals surface area contributed by atoms with Crippen molar-refractivity contribution in [1.29, 1.82) is 0 Å². The fourth-order valence-corrected chi connectivity index (χ4v) is 2.48. The lowest BCUT2D eigenvalue weighted by atomic mass is 10.3. The molecule has 88 valence electrons. The summed E-state index contributed by atoms with van der Waals surface area (Å²) in [4.78, 5) is 0.161. The first-order valence-corrected chi connectivity index (χ1v) is 6.73. The highest BCUT2D eigenvalue weighted by Gasteiger charge is 2.14. The average molecular weight is 306 g/mol. The van der Waals surface area contributed by atoms with Crippen LogP contribution in [-0.4, -0.2) is 22.1 Å². The second-order valence-electron chi connectivity index (χ2n) is 2.94. The molecular formula is C10H12BrNO3S. The molecule has 4 nitrogen and oxygen atoms in total. The first-order chi connectivity index (χ1) is 7.51. The highest BCUT2D eigenvalue weighted by molar-refractivity contribution is 9.10. The van der Waals surface area contributed by atoms with E-state index in [0.717, 1.165) is 0 Å². The molecule has 0 saturated carbocycles. The highest BCUT2D eigenvalue weighted by atomic mass is 79.9. The van der Waals surface area contributed by atoms with Crippen LogP contribution in [0.5, 0.6) is 5.75 Å². The van der Waals surface area contributed by atoms with Crippen LogP contribution in [0.4, 0.5) is 0 Å². The second kappa shape index (κ2) is 5.47. The maximum Gasteiger partial charge on any atom is 0.240 e. The van der Waals surface area contributed by atoms with Crippen molar-refractivity contribution in [2.45, 2.75) is 4.90 Å². The summed E-state index contributed by atoms with van der Waals surface area (Å²) in [6, 6.07) is 4.58. The Balaban J connectivity index is 3.09. The molecule has 1 rings (SSSR count). The zero-order valence-electron chi connectivity index (χ0n) is 8.73. The fraction of sp³-hybridized carbons (Fsp3) is 0.200. The number of nitrogens with one attached hydrogen (secondary N) is 1. The number of rotatable bonds is 5. The molecule has 0 bridgehead atoms. The minimum absolute atomic E-state index is 0.161. The molecule has 0 saturated heterocycles. The third-order valence-electron chi connectivity index (χ3n) is 1.85. The van der Waals surface area contributed by atoms with Crippen molar-refractivity contribution in [2.75, 3.05) is 13.7 Å². The number of hydrogen-bond donors (Lipinski definition) is 1. The Morgan fingerprint density at radius 1 is 1.56 bits per heavy atom. The van der Waals surface area contributed by atoms with Gasteiger partial charge in [0.15, 0.2) is 0 Å². The molecule has 6 heteroatoms. The van der Waals surface area contributed by atoms with Gasteiger partial charge in [0.05, 0.1) is 16.5 Å². The van der Waals surface area contributed by atoms with E-state index in [1.807, 2.05) is 0 Å². The molecule has 1 aromatic carbocycles.